The number of fused-ring (bicyclic) bond motifs is 2. The van der Waals surface area contributed by atoms with Gasteiger partial charge in [0, 0.05) is 30.5 Å². The molecule has 4 N–H and O–H groups in total. The molecule has 9 nitrogen and oxygen atoms in total. The van der Waals surface area contributed by atoms with Crippen LogP contribution in [0.4, 0.5) is 5.69 Å². The maximum atomic E-state index is 12.7. The monoisotopic (exact) mass is 455 g/mol. The highest BCUT2D eigenvalue weighted by Gasteiger charge is 2.36. The Labute approximate surface area is 195 Å². The highest BCUT2D eigenvalue weighted by Crippen LogP contribution is 2.37. The maximum absolute atomic E-state index is 12.7. The number of nitrogens with zero attached hydrogens (tertiary/aromatic N) is 4. The van der Waals surface area contributed by atoms with Crippen LogP contribution in [0.2, 0.25) is 0 Å². The van der Waals surface area contributed by atoms with Crippen molar-refractivity contribution >= 4 is 39.4 Å². The minimum atomic E-state index is -0.449. The Balaban J connectivity index is 1.39. The zero-order valence-corrected chi connectivity index (χ0v) is 18.5. The number of benzene rings is 2. The largest absolute Gasteiger partial charge is 0.391 e. The number of hydrogen-bond donors (Lipinski definition) is 4. The van der Waals surface area contributed by atoms with Crippen LogP contribution in [0.5, 0.6) is 0 Å². The number of aliphatic hydroxyl groups excluding tert-OH is 1. The van der Waals surface area contributed by atoms with Crippen LogP contribution < -0.4 is 10.2 Å². The molecule has 2 fully saturated rings. The van der Waals surface area contributed by atoms with Crippen molar-refractivity contribution in [3.63, 3.8) is 0 Å². The summed E-state index contributed by atoms with van der Waals surface area (Å²) in [4.78, 5) is 31.9. The minimum Gasteiger partial charge on any atom is -0.391 e. The number of imidazole rings is 1. The normalized spacial score (nSPS) is 21.8. The van der Waals surface area contributed by atoms with Gasteiger partial charge in [-0.25, -0.2) is 4.98 Å². The van der Waals surface area contributed by atoms with E-state index in [1.807, 2.05) is 30.5 Å². The SMILES string of the molecule is C=C1NC(=NCC(=O)N2CCC(O)C2)C(c2ccc3[nH]ccc3c2)N1c1ccc2nc[nH]c2c1. The van der Waals surface area contributed by atoms with E-state index in [-0.39, 0.29) is 18.5 Å². The zero-order chi connectivity index (χ0) is 23.2. The lowest BCUT2D eigenvalue weighted by atomic mass is 10.0. The molecule has 2 aliphatic rings. The minimum absolute atomic E-state index is 0.0126. The summed E-state index contributed by atoms with van der Waals surface area (Å²) in [7, 11) is 0. The fraction of sp³-hybridized carbons (Fsp3) is 0.240. The van der Waals surface area contributed by atoms with Crippen LogP contribution in [-0.2, 0) is 4.79 Å². The van der Waals surface area contributed by atoms with E-state index in [1.54, 1.807) is 11.2 Å². The maximum Gasteiger partial charge on any atom is 0.244 e. The molecule has 6 rings (SSSR count). The first kappa shape index (κ1) is 20.5. The molecule has 172 valence electrons. The standard InChI is InChI=1S/C25H25N7O2/c1-15-30-25(27-12-23(34)31-9-7-19(33)13-31)24(17-2-4-20-16(10-17)6-8-26-20)32(15)18-3-5-21-22(11-18)29-14-28-21/h2-6,8,10-11,14,19,24,26,33H,1,7,9,12-13H2,(H,27,30)(H,28,29). The number of H-pyrrole nitrogens is 2. The number of carbonyl (C=O) groups excluding carboxylic acids is 1. The molecule has 2 aliphatic heterocycles. The Bertz CT molecular complexity index is 1440. The number of aliphatic hydroxyl groups is 1. The highest BCUT2D eigenvalue weighted by atomic mass is 16.3. The average molecular weight is 456 g/mol. The third-order valence-electron chi connectivity index (χ3n) is 6.56. The third-order valence-corrected chi connectivity index (χ3v) is 6.56. The summed E-state index contributed by atoms with van der Waals surface area (Å²) >= 11 is 0. The molecule has 0 bridgehead atoms. The van der Waals surface area contributed by atoms with E-state index in [9.17, 15) is 9.90 Å². The number of amidine groups is 1. The number of aromatic amines is 2. The summed E-state index contributed by atoms with van der Waals surface area (Å²) in [5, 5.41) is 14.2. The van der Waals surface area contributed by atoms with Crippen LogP contribution in [0.25, 0.3) is 21.9 Å². The van der Waals surface area contributed by atoms with Gasteiger partial charge in [0.25, 0.3) is 0 Å². The molecule has 9 heteroatoms. The molecule has 2 atom stereocenters. The number of amides is 1. The quantitative estimate of drug-likeness (QED) is 0.378. The lowest BCUT2D eigenvalue weighted by Crippen LogP contribution is -2.32. The van der Waals surface area contributed by atoms with E-state index in [4.69, 9.17) is 4.99 Å². The Hall–Kier alpha value is -4.11. The molecular weight excluding hydrogens is 430 g/mol. The second kappa shape index (κ2) is 8.03. The van der Waals surface area contributed by atoms with Gasteiger partial charge in [0.15, 0.2) is 0 Å². The number of rotatable bonds is 4. The van der Waals surface area contributed by atoms with Crippen molar-refractivity contribution in [1.82, 2.24) is 25.2 Å². The fourth-order valence-corrected chi connectivity index (χ4v) is 4.83. The van der Waals surface area contributed by atoms with Gasteiger partial charge < -0.3 is 30.2 Å². The molecule has 0 spiro atoms. The Morgan fingerprint density at radius 1 is 1.18 bits per heavy atom. The molecular formula is C25H25N7O2. The Morgan fingerprint density at radius 2 is 2.09 bits per heavy atom. The van der Waals surface area contributed by atoms with Gasteiger partial charge in [-0.15, -0.1) is 0 Å². The highest BCUT2D eigenvalue weighted by molar-refractivity contribution is 6.00. The summed E-state index contributed by atoms with van der Waals surface area (Å²) in [5.41, 5.74) is 4.84. The van der Waals surface area contributed by atoms with Crippen LogP contribution >= 0.6 is 0 Å². The van der Waals surface area contributed by atoms with Gasteiger partial charge >= 0.3 is 0 Å². The molecule has 1 amide bonds. The van der Waals surface area contributed by atoms with Crippen molar-refractivity contribution < 1.29 is 9.90 Å². The molecule has 0 radical (unpaired) electrons. The van der Waals surface area contributed by atoms with Crippen molar-refractivity contribution in [2.45, 2.75) is 18.6 Å². The molecule has 0 aliphatic carbocycles. The number of anilines is 1. The molecule has 4 heterocycles. The third kappa shape index (κ3) is 3.50. The van der Waals surface area contributed by atoms with Gasteiger partial charge in [-0.05, 0) is 53.8 Å². The summed E-state index contributed by atoms with van der Waals surface area (Å²) < 4.78 is 0. The predicted molar refractivity (Wildman–Crippen MR) is 131 cm³/mol. The van der Waals surface area contributed by atoms with Gasteiger partial charge in [0.05, 0.1) is 23.5 Å². The molecule has 2 saturated heterocycles. The first-order chi connectivity index (χ1) is 16.6. The number of aromatic nitrogens is 3. The van der Waals surface area contributed by atoms with E-state index in [0.29, 0.717) is 31.2 Å². The van der Waals surface area contributed by atoms with Crippen LogP contribution in [0.3, 0.4) is 0 Å². The number of carbonyl (C=O) groups is 1. The van der Waals surface area contributed by atoms with Crippen LogP contribution in [0.1, 0.15) is 18.0 Å². The van der Waals surface area contributed by atoms with Crippen molar-refractivity contribution in [1.29, 1.82) is 0 Å². The zero-order valence-electron chi connectivity index (χ0n) is 18.5. The van der Waals surface area contributed by atoms with E-state index in [1.165, 1.54) is 0 Å². The summed E-state index contributed by atoms with van der Waals surface area (Å²) in [6, 6.07) is 14.0. The predicted octanol–water partition coefficient (Wildman–Crippen LogP) is 2.66. The average Bonchev–Trinajstić information content (AvgIpc) is 3.62. The summed E-state index contributed by atoms with van der Waals surface area (Å²) in [5.74, 6) is 1.26. The van der Waals surface area contributed by atoms with Gasteiger partial charge in [-0.3, -0.25) is 9.79 Å². The lowest BCUT2D eigenvalue weighted by Gasteiger charge is -2.26. The second-order valence-corrected chi connectivity index (χ2v) is 8.76. The van der Waals surface area contributed by atoms with Crippen molar-refractivity contribution in [2.75, 3.05) is 24.5 Å². The van der Waals surface area contributed by atoms with Crippen molar-refractivity contribution in [2.24, 2.45) is 4.99 Å². The first-order valence-electron chi connectivity index (χ1n) is 11.3. The number of nitrogens with one attached hydrogen (secondary N) is 3. The number of hydrogen-bond acceptors (Lipinski definition) is 5. The first-order valence-corrected chi connectivity index (χ1v) is 11.3. The smallest absolute Gasteiger partial charge is 0.244 e. The van der Waals surface area contributed by atoms with Crippen LogP contribution in [0.15, 0.2) is 72.4 Å². The molecule has 0 saturated carbocycles. The van der Waals surface area contributed by atoms with E-state index < -0.39 is 6.10 Å². The summed E-state index contributed by atoms with van der Waals surface area (Å²) in [6.07, 6.45) is 3.76. The number of aliphatic imine (C=N–C) groups is 1. The van der Waals surface area contributed by atoms with E-state index >= 15 is 0 Å². The molecule has 2 aromatic heterocycles. The molecule has 2 unspecified atom stereocenters. The van der Waals surface area contributed by atoms with Crippen molar-refractivity contribution in [3.8, 4) is 0 Å². The van der Waals surface area contributed by atoms with Gasteiger partial charge in [0.1, 0.15) is 24.2 Å². The second-order valence-electron chi connectivity index (χ2n) is 8.76. The molecule has 2 aromatic carbocycles. The Morgan fingerprint density at radius 3 is 2.94 bits per heavy atom. The van der Waals surface area contributed by atoms with Gasteiger partial charge in [0.2, 0.25) is 5.91 Å². The van der Waals surface area contributed by atoms with Crippen molar-refractivity contribution in [3.05, 3.63) is 73.0 Å². The van der Waals surface area contributed by atoms with E-state index in [2.05, 4.69) is 49.9 Å². The topological polar surface area (TPSA) is 113 Å². The van der Waals surface area contributed by atoms with Gasteiger partial charge in [-0.2, -0.15) is 0 Å². The number of likely N-dealkylation sites (tertiary alicyclic amines) is 1. The molecule has 4 aromatic rings. The lowest BCUT2D eigenvalue weighted by molar-refractivity contribution is -0.128. The van der Waals surface area contributed by atoms with Crippen LogP contribution in [0, 0.1) is 0 Å². The van der Waals surface area contributed by atoms with E-state index in [0.717, 1.165) is 33.2 Å². The number of β-amino-alcohol motifs (C(OH)–C–C–N with tert-alkyl or cyclic N) is 1. The van der Waals surface area contributed by atoms with Gasteiger partial charge in [-0.1, -0.05) is 12.6 Å². The molecule has 34 heavy (non-hydrogen) atoms. The summed E-state index contributed by atoms with van der Waals surface area (Å²) in [6.45, 7) is 5.19. The fourth-order valence-electron chi connectivity index (χ4n) is 4.83. The Kier molecular flexibility index (Phi) is 4.84. The van der Waals surface area contributed by atoms with Crippen LogP contribution in [-0.4, -0.2) is 62.4 Å².